The van der Waals surface area contributed by atoms with E-state index in [-0.39, 0.29) is 16.2 Å². The first-order valence-electron chi connectivity index (χ1n) is 20.8. The van der Waals surface area contributed by atoms with Gasteiger partial charge in [-0.1, -0.05) is 169 Å². The molecule has 0 amide bonds. The highest BCUT2D eigenvalue weighted by molar-refractivity contribution is 6.01. The maximum atomic E-state index is 2.53. The second-order valence-electron chi connectivity index (χ2n) is 18.5. The van der Waals surface area contributed by atoms with Gasteiger partial charge in [0.1, 0.15) is 0 Å². The standard InChI is InChI=1S/C57H45N/c1-55(2)49-31-37(22-28-43(49)46-25-19-34-13-7-10-16-40(34)52(46)55)58(38-23-29-44-47-26-20-35-14-8-11-17-41(35)53(47)56(3,4)50(44)32-38)39-24-30-45-48-27-21-36-15-9-12-18-42(36)54(48)57(5,6)51(45)33-39/h7-33H,1-6H3. The van der Waals surface area contributed by atoms with Crippen molar-refractivity contribution >= 4 is 49.4 Å². The molecule has 0 bridgehead atoms. The highest BCUT2D eigenvalue weighted by Crippen LogP contribution is 2.57. The number of hydrogen-bond donors (Lipinski definition) is 0. The normalized spacial score (nSPS) is 15.8. The van der Waals surface area contributed by atoms with E-state index in [0.717, 1.165) is 0 Å². The van der Waals surface area contributed by atoms with Crippen LogP contribution < -0.4 is 4.90 Å². The SMILES string of the molecule is CC1(C)c2cc(N(c3ccc4c(c3)C(C)(C)c3c-4ccc4ccccc34)c3ccc4c(c3)C(C)(C)c3c-4ccc4ccccc34)ccc2-c2ccc3ccccc3c21. The van der Waals surface area contributed by atoms with E-state index >= 15 is 0 Å². The molecule has 0 aromatic heterocycles. The molecule has 278 valence electrons. The van der Waals surface area contributed by atoms with Crippen LogP contribution in [0.1, 0.15) is 74.9 Å². The van der Waals surface area contributed by atoms with E-state index in [2.05, 4.69) is 210 Å². The average Bonchev–Trinajstić information content (AvgIpc) is 3.73. The number of anilines is 3. The summed E-state index contributed by atoms with van der Waals surface area (Å²) in [5, 5.41) is 7.94. The number of rotatable bonds is 3. The van der Waals surface area contributed by atoms with Gasteiger partial charge in [0.05, 0.1) is 0 Å². The molecule has 0 spiro atoms. The third kappa shape index (κ3) is 4.32. The van der Waals surface area contributed by atoms with E-state index in [1.165, 1.54) is 116 Å². The lowest BCUT2D eigenvalue weighted by Crippen LogP contribution is -2.19. The van der Waals surface area contributed by atoms with Crippen LogP contribution in [0.4, 0.5) is 17.1 Å². The van der Waals surface area contributed by atoms with Crippen LogP contribution >= 0.6 is 0 Å². The number of nitrogens with zero attached hydrogens (tertiary/aromatic N) is 1. The summed E-state index contributed by atoms with van der Waals surface area (Å²) < 4.78 is 0. The van der Waals surface area contributed by atoms with Crippen LogP contribution in [0.15, 0.2) is 164 Å². The van der Waals surface area contributed by atoms with Crippen molar-refractivity contribution in [2.45, 2.75) is 57.8 Å². The summed E-state index contributed by atoms with van der Waals surface area (Å²) in [4.78, 5) is 2.53. The minimum Gasteiger partial charge on any atom is -0.310 e. The molecule has 1 nitrogen and oxygen atoms in total. The van der Waals surface area contributed by atoms with Crippen molar-refractivity contribution in [1.29, 1.82) is 0 Å². The first-order valence-corrected chi connectivity index (χ1v) is 20.8. The van der Waals surface area contributed by atoms with Gasteiger partial charge in [-0.2, -0.15) is 0 Å². The summed E-state index contributed by atoms with van der Waals surface area (Å²) in [5.74, 6) is 0. The van der Waals surface area contributed by atoms with Gasteiger partial charge in [0, 0.05) is 33.3 Å². The molecule has 9 aromatic carbocycles. The van der Waals surface area contributed by atoms with Gasteiger partial charge in [-0.05, 0) is 135 Å². The zero-order chi connectivity index (χ0) is 39.3. The van der Waals surface area contributed by atoms with Crippen molar-refractivity contribution in [3.8, 4) is 33.4 Å². The third-order valence-corrected chi connectivity index (χ3v) is 14.3. The first-order chi connectivity index (χ1) is 28.0. The Bertz CT molecular complexity index is 2920. The Morgan fingerprint density at radius 2 is 0.569 bits per heavy atom. The van der Waals surface area contributed by atoms with E-state index in [1.54, 1.807) is 0 Å². The second-order valence-corrected chi connectivity index (χ2v) is 18.5. The molecule has 58 heavy (non-hydrogen) atoms. The van der Waals surface area contributed by atoms with E-state index < -0.39 is 0 Å². The zero-order valence-electron chi connectivity index (χ0n) is 34.0. The molecule has 0 radical (unpaired) electrons. The summed E-state index contributed by atoms with van der Waals surface area (Å²) in [7, 11) is 0. The summed E-state index contributed by atoms with van der Waals surface area (Å²) in [6.07, 6.45) is 0. The Morgan fingerprint density at radius 3 is 0.879 bits per heavy atom. The monoisotopic (exact) mass is 743 g/mol. The van der Waals surface area contributed by atoms with Gasteiger partial charge < -0.3 is 4.90 Å². The predicted molar refractivity (Wildman–Crippen MR) is 246 cm³/mol. The van der Waals surface area contributed by atoms with Crippen molar-refractivity contribution in [1.82, 2.24) is 0 Å². The Kier molecular flexibility index (Phi) is 6.60. The molecule has 9 aromatic rings. The molecule has 0 atom stereocenters. The molecule has 0 saturated heterocycles. The lowest BCUT2D eigenvalue weighted by molar-refractivity contribution is 0.665. The fraction of sp³-hybridized carbons (Fsp3) is 0.158. The maximum absolute atomic E-state index is 2.53. The van der Waals surface area contributed by atoms with Gasteiger partial charge in [0.2, 0.25) is 0 Å². The topological polar surface area (TPSA) is 3.24 Å². The van der Waals surface area contributed by atoms with Gasteiger partial charge in [-0.25, -0.2) is 0 Å². The summed E-state index contributed by atoms with van der Waals surface area (Å²) in [6.45, 7) is 14.5. The summed E-state index contributed by atoms with van der Waals surface area (Å²) in [5.41, 5.74) is 19.5. The van der Waals surface area contributed by atoms with E-state index in [1.807, 2.05) is 0 Å². The highest BCUT2D eigenvalue weighted by atomic mass is 15.1. The van der Waals surface area contributed by atoms with E-state index in [9.17, 15) is 0 Å². The largest absolute Gasteiger partial charge is 0.310 e. The molecule has 0 saturated carbocycles. The van der Waals surface area contributed by atoms with Crippen LogP contribution in [0.3, 0.4) is 0 Å². The quantitative estimate of drug-likeness (QED) is 0.174. The van der Waals surface area contributed by atoms with Gasteiger partial charge in [0.15, 0.2) is 0 Å². The lowest BCUT2D eigenvalue weighted by Gasteiger charge is -2.31. The summed E-state index contributed by atoms with van der Waals surface area (Å²) in [6, 6.07) is 62.3. The van der Waals surface area contributed by atoms with Crippen LogP contribution in [-0.2, 0) is 16.2 Å². The van der Waals surface area contributed by atoms with Crippen LogP contribution in [-0.4, -0.2) is 0 Å². The van der Waals surface area contributed by atoms with Gasteiger partial charge in [-0.15, -0.1) is 0 Å². The Labute approximate surface area is 341 Å². The number of fused-ring (bicyclic) bond motifs is 15. The second kappa shape index (κ2) is 11.4. The Balaban J connectivity index is 1.07. The van der Waals surface area contributed by atoms with Crippen molar-refractivity contribution < 1.29 is 0 Å². The molecule has 3 aliphatic carbocycles. The molecule has 0 N–H and O–H groups in total. The molecule has 12 rings (SSSR count). The molecule has 0 aliphatic heterocycles. The average molecular weight is 744 g/mol. The molecule has 0 heterocycles. The van der Waals surface area contributed by atoms with Crippen molar-refractivity contribution in [3.05, 3.63) is 197 Å². The molecule has 1 heteroatoms. The summed E-state index contributed by atoms with van der Waals surface area (Å²) >= 11 is 0. The predicted octanol–water partition coefficient (Wildman–Crippen LogP) is 15.5. The van der Waals surface area contributed by atoms with Crippen LogP contribution in [0.25, 0.3) is 65.7 Å². The number of hydrogen-bond acceptors (Lipinski definition) is 1. The molecular weight excluding hydrogens is 699 g/mol. The van der Waals surface area contributed by atoms with Crippen LogP contribution in [0.5, 0.6) is 0 Å². The van der Waals surface area contributed by atoms with E-state index in [0.29, 0.717) is 0 Å². The molecule has 3 aliphatic rings. The van der Waals surface area contributed by atoms with Crippen molar-refractivity contribution in [3.63, 3.8) is 0 Å². The van der Waals surface area contributed by atoms with Crippen LogP contribution in [0, 0.1) is 0 Å². The molecular formula is C57H45N. The van der Waals surface area contributed by atoms with Gasteiger partial charge in [0.25, 0.3) is 0 Å². The van der Waals surface area contributed by atoms with E-state index in [4.69, 9.17) is 0 Å². The number of benzene rings is 9. The smallest absolute Gasteiger partial charge is 0.0465 e. The first kappa shape index (κ1) is 33.7. The fourth-order valence-electron chi connectivity index (χ4n) is 11.6. The van der Waals surface area contributed by atoms with Crippen molar-refractivity contribution in [2.75, 3.05) is 4.90 Å². The Morgan fingerprint density at radius 1 is 0.293 bits per heavy atom. The Hall–Kier alpha value is -6.44. The zero-order valence-corrected chi connectivity index (χ0v) is 34.0. The fourth-order valence-corrected chi connectivity index (χ4v) is 11.6. The molecule has 0 unspecified atom stereocenters. The van der Waals surface area contributed by atoms with Gasteiger partial charge in [-0.3, -0.25) is 0 Å². The minimum absolute atomic E-state index is 0.168. The maximum Gasteiger partial charge on any atom is 0.0465 e. The van der Waals surface area contributed by atoms with Crippen LogP contribution in [0.2, 0.25) is 0 Å². The van der Waals surface area contributed by atoms with Crippen molar-refractivity contribution in [2.24, 2.45) is 0 Å². The lowest BCUT2D eigenvalue weighted by atomic mass is 9.79. The van der Waals surface area contributed by atoms with Gasteiger partial charge >= 0.3 is 0 Å². The minimum atomic E-state index is -0.168. The highest BCUT2D eigenvalue weighted by Gasteiger charge is 2.41. The third-order valence-electron chi connectivity index (χ3n) is 14.3. The molecule has 0 fully saturated rings.